The van der Waals surface area contributed by atoms with Gasteiger partial charge in [0.1, 0.15) is 11.3 Å². The minimum atomic E-state index is -1.13. The van der Waals surface area contributed by atoms with E-state index < -0.39 is 6.09 Å². The average Bonchev–Trinajstić information content (AvgIpc) is 2.77. The first-order chi connectivity index (χ1) is 10.5. The van der Waals surface area contributed by atoms with Gasteiger partial charge in [0.25, 0.3) is 0 Å². The first-order valence-electron chi connectivity index (χ1n) is 6.36. The fourth-order valence-corrected chi connectivity index (χ4v) is 2.03. The van der Waals surface area contributed by atoms with Gasteiger partial charge in [0, 0.05) is 25.0 Å². The Hall–Kier alpha value is -3.29. The molecule has 1 aromatic carbocycles. The number of fused-ring (bicyclic) bond motifs is 1. The van der Waals surface area contributed by atoms with E-state index >= 15 is 0 Å². The lowest BCUT2D eigenvalue weighted by atomic mass is 10.3. The zero-order valence-electron chi connectivity index (χ0n) is 11.5. The number of aromatic amines is 1. The molecular weight excluding hydrogens is 288 g/mol. The number of aromatic nitrogens is 3. The molecule has 3 rings (SSSR count). The van der Waals surface area contributed by atoms with E-state index in [0.29, 0.717) is 28.4 Å². The Morgan fingerprint density at radius 2 is 2.05 bits per heavy atom. The van der Waals surface area contributed by atoms with E-state index in [-0.39, 0.29) is 5.69 Å². The molecule has 8 nitrogen and oxygen atoms in total. The monoisotopic (exact) mass is 300 g/mol. The van der Waals surface area contributed by atoms with Gasteiger partial charge in [0.15, 0.2) is 11.4 Å². The molecule has 3 N–H and O–H groups in total. The number of ether oxygens (including phenoxy) is 1. The van der Waals surface area contributed by atoms with E-state index in [9.17, 15) is 9.59 Å². The SMILES string of the molecule is Cn1c(=O)[nH]c2c(Oc3ccc(NC(=O)O)cc3)ccnc21. The van der Waals surface area contributed by atoms with Crippen molar-refractivity contribution in [1.29, 1.82) is 0 Å². The van der Waals surface area contributed by atoms with Crippen molar-refractivity contribution in [1.82, 2.24) is 14.5 Å². The van der Waals surface area contributed by atoms with Crippen molar-refractivity contribution in [3.63, 3.8) is 0 Å². The maximum absolute atomic E-state index is 11.6. The Morgan fingerprint density at radius 3 is 2.73 bits per heavy atom. The molecule has 0 bridgehead atoms. The quantitative estimate of drug-likeness (QED) is 0.686. The molecule has 2 heterocycles. The summed E-state index contributed by atoms with van der Waals surface area (Å²) < 4.78 is 7.11. The van der Waals surface area contributed by atoms with E-state index in [0.717, 1.165) is 0 Å². The number of nitrogens with zero attached hydrogens (tertiary/aromatic N) is 2. The molecule has 112 valence electrons. The number of aryl methyl sites for hydroxylation is 1. The van der Waals surface area contributed by atoms with Gasteiger partial charge in [-0.1, -0.05) is 0 Å². The van der Waals surface area contributed by atoms with E-state index in [4.69, 9.17) is 9.84 Å². The highest BCUT2D eigenvalue weighted by Gasteiger charge is 2.10. The summed E-state index contributed by atoms with van der Waals surface area (Å²) in [7, 11) is 1.62. The Balaban J connectivity index is 1.91. The molecule has 0 radical (unpaired) electrons. The second-order valence-corrected chi connectivity index (χ2v) is 4.55. The van der Waals surface area contributed by atoms with Crippen molar-refractivity contribution in [2.45, 2.75) is 0 Å². The van der Waals surface area contributed by atoms with Crippen LogP contribution >= 0.6 is 0 Å². The number of nitrogens with one attached hydrogen (secondary N) is 2. The molecule has 2 aromatic heterocycles. The largest absolute Gasteiger partial charge is 0.465 e. The molecule has 0 unspecified atom stereocenters. The summed E-state index contributed by atoms with van der Waals surface area (Å²) in [4.78, 5) is 29.0. The van der Waals surface area contributed by atoms with Gasteiger partial charge in [-0.3, -0.25) is 9.88 Å². The van der Waals surface area contributed by atoms with Crippen LogP contribution in [-0.4, -0.2) is 25.7 Å². The highest BCUT2D eigenvalue weighted by atomic mass is 16.5. The van der Waals surface area contributed by atoms with Crippen molar-refractivity contribution in [3.05, 3.63) is 47.0 Å². The van der Waals surface area contributed by atoms with Gasteiger partial charge >= 0.3 is 11.8 Å². The second-order valence-electron chi connectivity index (χ2n) is 4.55. The number of anilines is 1. The normalized spacial score (nSPS) is 10.6. The van der Waals surface area contributed by atoms with Crippen molar-refractivity contribution in [2.75, 3.05) is 5.32 Å². The number of amides is 1. The molecule has 8 heteroatoms. The van der Waals surface area contributed by atoms with Crippen LogP contribution in [0.4, 0.5) is 10.5 Å². The third-order valence-electron chi connectivity index (χ3n) is 3.08. The van der Waals surface area contributed by atoms with Gasteiger partial charge in [-0.25, -0.2) is 14.6 Å². The fraction of sp³-hybridized carbons (Fsp3) is 0.0714. The summed E-state index contributed by atoms with van der Waals surface area (Å²) >= 11 is 0. The van der Waals surface area contributed by atoms with Crippen LogP contribution in [0, 0.1) is 0 Å². The fourth-order valence-electron chi connectivity index (χ4n) is 2.03. The maximum atomic E-state index is 11.6. The molecule has 0 fully saturated rings. The molecule has 0 aliphatic carbocycles. The Labute approximate surface area is 124 Å². The van der Waals surface area contributed by atoms with Crippen LogP contribution in [0.1, 0.15) is 0 Å². The van der Waals surface area contributed by atoms with E-state index in [1.807, 2.05) is 0 Å². The molecule has 0 atom stereocenters. The summed E-state index contributed by atoms with van der Waals surface area (Å²) in [5, 5.41) is 10.9. The Kier molecular flexibility index (Phi) is 3.26. The van der Waals surface area contributed by atoms with Gasteiger partial charge in [0.05, 0.1) is 0 Å². The van der Waals surface area contributed by atoms with Gasteiger partial charge in [-0.2, -0.15) is 0 Å². The Bertz CT molecular complexity index is 895. The molecule has 22 heavy (non-hydrogen) atoms. The minimum absolute atomic E-state index is 0.278. The van der Waals surface area contributed by atoms with Crippen LogP contribution < -0.4 is 15.7 Å². The van der Waals surface area contributed by atoms with E-state index in [2.05, 4.69) is 15.3 Å². The summed E-state index contributed by atoms with van der Waals surface area (Å²) in [6.07, 6.45) is 0.414. The zero-order chi connectivity index (χ0) is 15.7. The van der Waals surface area contributed by atoms with Crippen LogP contribution in [0.25, 0.3) is 11.2 Å². The van der Waals surface area contributed by atoms with Crippen molar-refractivity contribution in [2.24, 2.45) is 7.05 Å². The summed E-state index contributed by atoms with van der Waals surface area (Å²) in [6, 6.07) is 8.05. The van der Waals surface area contributed by atoms with Crippen LogP contribution in [0.2, 0.25) is 0 Å². The van der Waals surface area contributed by atoms with Gasteiger partial charge in [-0.05, 0) is 24.3 Å². The molecular formula is C14H12N4O4. The lowest BCUT2D eigenvalue weighted by molar-refractivity contribution is 0.209. The first-order valence-corrected chi connectivity index (χ1v) is 6.36. The second kappa shape index (κ2) is 5.24. The molecule has 3 aromatic rings. The third kappa shape index (κ3) is 2.49. The maximum Gasteiger partial charge on any atom is 0.409 e. The summed E-state index contributed by atoms with van der Waals surface area (Å²) in [6.45, 7) is 0. The van der Waals surface area contributed by atoms with Crippen molar-refractivity contribution < 1.29 is 14.6 Å². The van der Waals surface area contributed by atoms with Crippen LogP contribution in [0.5, 0.6) is 11.5 Å². The zero-order valence-corrected chi connectivity index (χ0v) is 11.5. The number of hydrogen-bond acceptors (Lipinski definition) is 4. The first kappa shape index (κ1) is 13.7. The predicted molar refractivity (Wildman–Crippen MR) is 79.5 cm³/mol. The van der Waals surface area contributed by atoms with Gasteiger partial charge < -0.3 is 14.8 Å². The smallest absolute Gasteiger partial charge is 0.409 e. The van der Waals surface area contributed by atoms with Crippen LogP contribution in [0.15, 0.2) is 41.3 Å². The van der Waals surface area contributed by atoms with E-state index in [1.165, 1.54) is 4.57 Å². The predicted octanol–water partition coefficient (Wildman–Crippen LogP) is 2.14. The number of imidazole rings is 1. The highest BCUT2D eigenvalue weighted by Crippen LogP contribution is 2.27. The number of carbonyl (C=O) groups is 1. The lowest BCUT2D eigenvalue weighted by Crippen LogP contribution is -2.12. The van der Waals surface area contributed by atoms with Gasteiger partial charge in [-0.15, -0.1) is 0 Å². The minimum Gasteiger partial charge on any atom is -0.465 e. The van der Waals surface area contributed by atoms with Crippen LogP contribution in [0.3, 0.4) is 0 Å². The van der Waals surface area contributed by atoms with Gasteiger partial charge in [0.2, 0.25) is 0 Å². The van der Waals surface area contributed by atoms with Crippen molar-refractivity contribution in [3.8, 4) is 11.5 Å². The standard InChI is InChI=1S/C14H12N4O4/c1-18-12-11(17-13(18)19)10(6-7-15-12)22-9-4-2-8(3-5-9)16-14(20)21/h2-7,16H,1H3,(H,17,19)(H,20,21). The number of rotatable bonds is 3. The number of H-pyrrole nitrogens is 1. The summed E-state index contributed by atoms with van der Waals surface area (Å²) in [5.74, 6) is 0.967. The molecule has 0 aliphatic heterocycles. The van der Waals surface area contributed by atoms with Crippen molar-refractivity contribution >= 4 is 22.9 Å². The molecule has 0 saturated carbocycles. The molecule has 0 aliphatic rings. The molecule has 0 saturated heterocycles. The average molecular weight is 300 g/mol. The van der Waals surface area contributed by atoms with Crippen LogP contribution in [-0.2, 0) is 7.05 Å². The third-order valence-corrected chi connectivity index (χ3v) is 3.08. The van der Waals surface area contributed by atoms with E-state index in [1.54, 1.807) is 43.6 Å². The number of hydrogen-bond donors (Lipinski definition) is 3. The summed E-state index contributed by atoms with van der Waals surface area (Å²) in [5.41, 5.74) is 1.15. The highest BCUT2D eigenvalue weighted by molar-refractivity contribution is 5.83. The molecule has 0 spiro atoms. The number of pyridine rings is 1. The topological polar surface area (TPSA) is 109 Å². The Morgan fingerprint density at radius 1 is 1.32 bits per heavy atom. The molecule has 1 amide bonds. The number of carboxylic acid groups (broad SMARTS) is 1. The lowest BCUT2D eigenvalue weighted by Gasteiger charge is -2.07. The number of benzene rings is 1.